The van der Waals surface area contributed by atoms with Crippen LogP contribution in [0.5, 0.6) is 11.5 Å². The van der Waals surface area contributed by atoms with Crippen LogP contribution in [0.15, 0.2) is 243 Å². The highest BCUT2D eigenvalue weighted by molar-refractivity contribution is 6.10. The van der Waals surface area contributed by atoms with Gasteiger partial charge in [0.1, 0.15) is 17.3 Å². The van der Waals surface area contributed by atoms with Crippen molar-refractivity contribution in [1.29, 1.82) is 0 Å². The molecule has 0 N–H and O–H groups in total. The molecule has 3 aliphatic carbocycles. The summed E-state index contributed by atoms with van der Waals surface area (Å²) in [5.74, 6) is 2.61. The summed E-state index contributed by atoms with van der Waals surface area (Å²) in [4.78, 5) is 4.93. The van der Waals surface area contributed by atoms with Crippen LogP contribution in [0.2, 0.25) is 0 Å². The summed E-state index contributed by atoms with van der Waals surface area (Å²) < 4.78 is 13.7. The summed E-state index contributed by atoms with van der Waals surface area (Å²) in [6.07, 6.45) is 5.88. The fraction of sp³-hybridized carbons (Fsp3) is 0.0959. The molecule has 1 spiro atoms. The van der Waals surface area contributed by atoms with Gasteiger partial charge < -0.3 is 4.74 Å². The van der Waals surface area contributed by atoms with Gasteiger partial charge in [-0.1, -0.05) is 197 Å². The standard InChI is InChI=1S/C73H50N4O/c1-71(2,3)45-39-40-74-67(41-45)77-64-35-15-9-23-51(64)52-38-37-48(43-66(52)77)78-47-20-16-19-46(42-47)75-44-76-63-34-14-8-22-50(63)49-21-4-5-24-53(49)68-54(55-28-18-36-65(75)70(55)76)27-17-33-62(68)72-58-29-10-6-25-56(58)69-57-26-7-11-30-59(57)73(69,72)61-32-13-12-31-60(61)72/h4-43,69H,1-3H3. The van der Waals surface area contributed by atoms with Crippen molar-refractivity contribution in [2.24, 2.45) is 0 Å². The number of nitrogens with zero attached hydrogens (tertiary/aromatic N) is 4. The molecule has 10 aromatic carbocycles. The van der Waals surface area contributed by atoms with Crippen LogP contribution < -0.4 is 9.30 Å². The molecule has 5 nitrogen and oxygen atoms in total. The molecule has 368 valence electrons. The zero-order chi connectivity index (χ0) is 51.6. The topological polar surface area (TPSA) is 35.9 Å². The van der Waals surface area contributed by atoms with E-state index in [1.165, 1.54) is 72.1 Å². The lowest BCUT2D eigenvalue weighted by atomic mass is 9.35. The van der Waals surface area contributed by atoms with E-state index in [1.54, 1.807) is 0 Å². The Morgan fingerprint density at radius 2 is 1.12 bits per heavy atom. The first kappa shape index (κ1) is 43.6. The van der Waals surface area contributed by atoms with Crippen molar-refractivity contribution in [1.82, 2.24) is 14.1 Å². The molecule has 4 aliphatic rings. The molecule has 78 heavy (non-hydrogen) atoms. The van der Waals surface area contributed by atoms with Crippen LogP contribution in [0.4, 0.5) is 0 Å². The van der Waals surface area contributed by atoms with E-state index in [0.717, 1.165) is 67.3 Å². The maximum absolute atomic E-state index is 6.90. The van der Waals surface area contributed by atoms with Crippen LogP contribution in [0.3, 0.4) is 0 Å². The number of benzene rings is 10. The summed E-state index contributed by atoms with van der Waals surface area (Å²) in [6.45, 7) is 6.73. The third-order valence-corrected chi connectivity index (χ3v) is 18.0. The van der Waals surface area contributed by atoms with Gasteiger partial charge in [-0.25, -0.2) is 4.98 Å². The van der Waals surface area contributed by atoms with Gasteiger partial charge in [0, 0.05) is 34.4 Å². The normalized spacial score (nSPS) is 17.9. The summed E-state index contributed by atoms with van der Waals surface area (Å²) >= 11 is 0. The van der Waals surface area contributed by atoms with Gasteiger partial charge in [-0.15, -0.1) is 0 Å². The molecule has 0 fully saturated rings. The Bertz CT molecular complexity index is 4730. The number of hydrogen-bond donors (Lipinski definition) is 0. The lowest BCUT2D eigenvalue weighted by molar-refractivity contribution is -0.571. The van der Waals surface area contributed by atoms with Crippen LogP contribution in [-0.2, 0) is 16.2 Å². The summed E-state index contributed by atoms with van der Waals surface area (Å²) in [5, 5.41) is 2.32. The smallest absolute Gasteiger partial charge is 0.269 e. The van der Waals surface area contributed by atoms with Crippen molar-refractivity contribution in [2.75, 3.05) is 0 Å². The van der Waals surface area contributed by atoms with Gasteiger partial charge >= 0.3 is 0 Å². The first-order valence-corrected chi connectivity index (χ1v) is 27.2. The zero-order valence-electron chi connectivity index (χ0n) is 43.4. The van der Waals surface area contributed by atoms with E-state index >= 15 is 0 Å². The molecule has 0 amide bonds. The minimum Gasteiger partial charge on any atom is -0.458 e. The molecule has 1 aliphatic heterocycles. The van der Waals surface area contributed by atoms with Gasteiger partial charge in [0.15, 0.2) is 0 Å². The molecule has 17 rings (SSSR count). The molecule has 0 saturated carbocycles. The van der Waals surface area contributed by atoms with E-state index in [0.29, 0.717) is 0 Å². The molecule has 0 radical (unpaired) electrons. The van der Waals surface area contributed by atoms with Crippen LogP contribution in [0, 0.1) is 6.33 Å². The fourth-order valence-electron chi connectivity index (χ4n) is 15.0. The van der Waals surface area contributed by atoms with Crippen molar-refractivity contribution < 1.29 is 9.30 Å². The predicted molar refractivity (Wildman–Crippen MR) is 313 cm³/mol. The number of hydrogen-bond acceptors (Lipinski definition) is 2. The first-order chi connectivity index (χ1) is 38.3. The van der Waals surface area contributed by atoms with Crippen molar-refractivity contribution in [3.05, 3.63) is 294 Å². The van der Waals surface area contributed by atoms with E-state index < -0.39 is 5.41 Å². The van der Waals surface area contributed by atoms with E-state index in [-0.39, 0.29) is 16.7 Å². The van der Waals surface area contributed by atoms with Gasteiger partial charge in [-0.2, -0.15) is 0 Å². The molecule has 0 saturated heterocycles. The highest BCUT2D eigenvalue weighted by Gasteiger charge is 2.78. The largest absolute Gasteiger partial charge is 0.458 e. The maximum atomic E-state index is 6.90. The molecule has 13 aromatic rings. The summed E-state index contributed by atoms with van der Waals surface area (Å²) in [5.41, 5.74) is 23.9. The van der Waals surface area contributed by atoms with Gasteiger partial charge in [0.05, 0.1) is 38.9 Å². The van der Waals surface area contributed by atoms with Crippen LogP contribution in [0.1, 0.15) is 71.2 Å². The fourth-order valence-corrected chi connectivity index (χ4v) is 15.0. The number of imidazole rings is 1. The second-order valence-electron chi connectivity index (χ2n) is 22.7. The van der Waals surface area contributed by atoms with E-state index in [1.807, 2.05) is 12.3 Å². The van der Waals surface area contributed by atoms with Gasteiger partial charge in [0.2, 0.25) is 0 Å². The quantitative estimate of drug-likeness (QED) is 0.127. The average Bonchev–Trinajstić information content (AvgIpc) is 1.58. The predicted octanol–water partition coefficient (Wildman–Crippen LogP) is 16.7. The Balaban J connectivity index is 0.864. The number of ether oxygens (including phenoxy) is 1. The second-order valence-corrected chi connectivity index (χ2v) is 22.7. The van der Waals surface area contributed by atoms with Crippen LogP contribution in [0.25, 0.3) is 83.4 Å². The van der Waals surface area contributed by atoms with Gasteiger partial charge in [-0.3, -0.25) is 13.7 Å². The molecule has 3 atom stereocenters. The number of fused-ring (bicyclic) bond motifs is 17. The number of pyridine rings is 1. The maximum Gasteiger partial charge on any atom is 0.269 e. The Kier molecular flexibility index (Phi) is 8.68. The lowest BCUT2D eigenvalue weighted by Gasteiger charge is -2.65. The monoisotopic (exact) mass is 998 g/mol. The number of para-hydroxylation sites is 3. The average molecular weight is 999 g/mol. The van der Waals surface area contributed by atoms with E-state index in [2.05, 4.69) is 271 Å². The molecular weight excluding hydrogens is 949 g/mol. The van der Waals surface area contributed by atoms with Crippen molar-refractivity contribution in [2.45, 2.75) is 42.9 Å². The Morgan fingerprint density at radius 3 is 1.97 bits per heavy atom. The highest BCUT2D eigenvalue weighted by atomic mass is 16.5. The third kappa shape index (κ3) is 5.45. The molecular formula is C73H50N4O. The minimum absolute atomic E-state index is 0.0272. The Labute approximate surface area is 452 Å². The lowest BCUT2D eigenvalue weighted by Crippen LogP contribution is -2.64. The van der Waals surface area contributed by atoms with Gasteiger partial charge in [-0.05, 0) is 138 Å². The summed E-state index contributed by atoms with van der Waals surface area (Å²) in [6, 6.07) is 87.6. The Morgan fingerprint density at radius 1 is 0.487 bits per heavy atom. The minimum atomic E-state index is -0.442. The van der Waals surface area contributed by atoms with E-state index in [4.69, 9.17) is 9.72 Å². The Hall–Kier alpha value is -9.58. The number of rotatable bonds is 5. The van der Waals surface area contributed by atoms with Crippen molar-refractivity contribution in [3.63, 3.8) is 0 Å². The SMILES string of the molecule is CC(C)(C)c1ccnc(-n2c3ccccc3c3ccc(Oc4cccc(-n5[c-][n+]6c7c(cccc75)-c5cccc(C78c9ccccc9C9c%10ccccc%10C97c7ccccc78)c5-c5ccccc5-c5ccccc5-6)c4)cc32)c1. The molecule has 5 heteroatoms. The van der Waals surface area contributed by atoms with E-state index in [9.17, 15) is 0 Å². The van der Waals surface area contributed by atoms with Crippen LogP contribution >= 0.6 is 0 Å². The molecule has 0 bridgehead atoms. The zero-order valence-corrected chi connectivity index (χ0v) is 43.4. The molecule has 4 heterocycles. The first-order valence-electron chi connectivity index (χ1n) is 27.2. The van der Waals surface area contributed by atoms with Gasteiger partial charge in [0.25, 0.3) is 6.33 Å². The molecule has 3 aromatic heterocycles. The molecule has 3 unspecified atom stereocenters. The number of aromatic nitrogens is 4. The summed E-state index contributed by atoms with van der Waals surface area (Å²) in [7, 11) is 0. The third-order valence-electron chi connectivity index (χ3n) is 18.0. The van der Waals surface area contributed by atoms with Crippen molar-refractivity contribution >= 4 is 32.8 Å². The highest BCUT2D eigenvalue weighted by Crippen LogP contribution is 2.82. The van der Waals surface area contributed by atoms with Crippen molar-refractivity contribution in [3.8, 4) is 62.1 Å². The van der Waals surface area contributed by atoms with Crippen LogP contribution in [-0.4, -0.2) is 14.1 Å². The second kappa shape index (κ2) is 15.5.